The molecule has 0 N–H and O–H groups in total. The SMILES string of the molecule is Cc1ccc(C(Cl)CC(Cl)c2ccc(C#N)cc2)cc1. The van der Waals surface area contributed by atoms with E-state index < -0.39 is 0 Å². The van der Waals surface area contributed by atoms with Gasteiger partial charge in [0.25, 0.3) is 0 Å². The standard InChI is InChI=1S/C17H15Cl2N/c1-12-2-6-14(7-3-12)16(18)10-17(19)15-8-4-13(11-20)5-9-15/h2-9,16-17H,10H2,1H3. The summed E-state index contributed by atoms with van der Waals surface area (Å²) >= 11 is 12.8. The van der Waals surface area contributed by atoms with Crippen LogP contribution < -0.4 is 0 Å². The molecule has 2 rings (SSSR count). The fourth-order valence-corrected chi connectivity index (χ4v) is 2.73. The van der Waals surface area contributed by atoms with Gasteiger partial charge in [-0.05, 0) is 36.6 Å². The monoisotopic (exact) mass is 303 g/mol. The Kier molecular flexibility index (Phi) is 5.06. The summed E-state index contributed by atoms with van der Waals surface area (Å²) in [6.07, 6.45) is 0.651. The Bertz CT molecular complexity index is 596. The third-order valence-corrected chi connectivity index (χ3v) is 4.11. The number of nitrogens with zero attached hydrogens (tertiary/aromatic N) is 1. The number of halogens is 2. The second kappa shape index (κ2) is 6.79. The highest BCUT2D eigenvalue weighted by Crippen LogP contribution is 2.35. The predicted molar refractivity (Wildman–Crippen MR) is 84.1 cm³/mol. The topological polar surface area (TPSA) is 23.8 Å². The van der Waals surface area contributed by atoms with E-state index in [0.29, 0.717) is 12.0 Å². The molecule has 2 unspecified atom stereocenters. The number of hydrogen-bond acceptors (Lipinski definition) is 1. The molecule has 0 amide bonds. The largest absolute Gasteiger partial charge is 0.192 e. The van der Waals surface area contributed by atoms with Gasteiger partial charge in [-0.2, -0.15) is 5.26 Å². The van der Waals surface area contributed by atoms with Crippen LogP contribution in [0.4, 0.5) is 0 Å². The highest BCUT2D eigenvalue weighted by Gasteiger charge is 2.15. The lowest BCUT2D eigenvalue weighted by Gasteiger charge is -2.15. The number of hydrogen-bond donors (Lipinski definition) is 0. The summed E-state index contributed by atoms with van der Waals surface area (Å²) in [6, 6.07) is 17.6. The van der Waals surface area contributed by atoms with E-state index >= 15 is 0 Å². The fourth-order valence-electron chi connectivity index (χ4n) is 2.00. The van der Waals surface area contributed by atoms with E-state index in [0.717, 1.165) is 11.1 Å². The average Bonchev–Trinajstić information content (AvgIpc) is 2.48. The summed E-state index contributed by atoms with van der Waals surface area (Å²) in [7, 11) is 0. The van der Waals surface area contributed by atoms with Crippen LogP contribution in [0.5, 0.6) is 0 Å². The number of nitriles is 1. The zero-order valence-corrected chi connectivity index (χ0v) is 12.7. The van der Waals surface area contributed by atoms with E-state index in [2.05, 4.69) is 18.2 Å². The Balaban J connectivity index is 2.04. The van der Waals surface area contributed by atoms with Crippen molar-refractivity contribution in [1.82, 2.24) is 0 Å². The van der Waals surface area contributed by atoms with Crippen LogP contribution in [0.15, 0.2) is 48.5 Å². The Morgan fingerprint density at radius 3 is 1.80 bits per heavy atom. The molecule has 0 fully saturated rings. The molecule has 2 aromatic rings. The third-order valence-electron chi connectivity index (χ3n) is 3.25. The molecule has 0 aromatic heterocycles. The molecule has 0 aliphatic heterocycles. The van der Waals surface area contributed by atoms with Crippen LogP contribution in [-0.2, 0) is 0 Å². The second-order valence-corrected chi connectivity index (χ2v) is 5.87. The lowest BCUT2D eigenvalue weighted by molar-refractivity contribution is 0.769. The smallest absolute Gasteiger partial charge is 0.0991 e. The molecule has 102 valence electrons. The zero-order chi connectivity index (χ0) is 14.5. The van der Waals surface area contributed by atoms with Crippen molar-refractivity contribution < 1.29 is 0 Å². The molecule has 20 heavy (non-hydrogen) atoms. The minimum Gasteiger partial charge on any atom is -0.192 e. The summed E-state index contributed by atoms with van der Waals surface area (Å²) in [6.45, 7) is 2.05. The quantitative estimate of drug-likeness (QED) is 0.683. The van der Waals surface area contributed by atoms with Gasteiger partial charge in [0.15, 0.2) is 0 Å². The summed E-state index contributed by atoms with van der Waals surface area (Å²) in [5.41, 5.74) is 3.92. The van der Waals surface area contributed by atoms with Gasteiger partial charge in [0.05, 0.1) is 22.4 Å². The Labute approximate surface area is 129 Å². The van der Waals surface area contributed by atoms with E-state index in [4.69, 9.17) is 28.5 Å². The minimum absolute atomic E-state index is 0.117. The van der Waals surface area contributed by atoms with Crippen LogP contribution in [-0.4, -0.2) is 0 Å². The maximum absolute atomic E-state index is 8.78. The number of alkyl halides is 2. The van der Waals surface area contributed by atoms with Crippen molar-refractivity contribution in [3.8, 4) is 6.07 Å². The summed E-state index contributed by atoms with van der Waals surface area (Å²) in [5, 5.41) is 8.50. The van der Waals surface area contributed by atoms with Crippen molar-refractivity contribution in [1.29, 1.82) is 5.26 Å². The van der Waals surface area contributed by atoms with Crippen molar-refractivity contribution in [3.05, 3.63) is 70.8 Å². The van der Waals surface area contributed by atoms with Gasteiger partial charge < -0.3 is 0 Å². The summed E-state index contributed by atoms with van der Waals surface area (Å²) in [4.78, 5) is 0. The number of benzene rings is 2. The average molecular weight is 304 g/mol. The zero-order valence-electron chi connectivity index (χ0n) is 11.2. The van der Waals surface area contributed by atoms with Crippen LogP contribution >= 0.6 is 23.2 Å². The van der Waals surface area contributed by atoms with Crippen molar-refractivity contribution in [2.75, 3.05) is 0 Å². The van der Waals surface area contributed by atoms with Gasteiger partial charge in [0, 0.05) is 0 Å². The molecule has 0 spiro atoms. The van der Waals surface area contributed by atoms with Gasteiger partial charge in [-0.3, -0.25) is 0 Å². The van der Waals surface area contributed by atoms with Gasteiger partial charge in [-0.15, -0.1) is 23.2 Å². The van der Waals surface area contributed by atoms with E-state index in [1.54, 1.807) is 12.1 Å². The van der Waals surface area contributed by atoms with Crippen LogP contribution in [0.1, 0.15) is 39.4 Å². The molecular weight excluding hydrogens is 289 g/mol. The highest BCUT2D eigenvalue weighted by atomic mass is 35.5. The first kappa shape index (κ1) is 14.9. The summed E-state index contributed by atoms with van der Waals surface area (Å²) < 4.78 is 0. The maximum Gasteiger partial charge on any atom is 0.0991 e. The minimum atomic E-state index is -0.161. The normalized spacial score (nSPS) is 13.5. The lowest BCUT2D eigenvalue weighted by Crippen LogP contribution is -1.97. The van der Waals surface area contributed by atoms with Gasteiger partial charge in [0.1, 0.15) is 0 Å². The second-order valence-electron chi connectivity index (χ2n) is 4.82. The number of aryl methyl sites for hydroxylation is 1. The van der Waals surface area contributed by atoms with Gasteiger partial charge >= 0.3 is 0 Å². The third kappa shape index (κ3) is 3.76. The molecule has 0 aliphatic rings. The summed E-state index contributed by atoms with van der Waals surface area (Å²) in [5.74, 6) is 0. The number of rotatable bonds is 4. The first-order chi connectivity index (χ1) is 9.60. The molecule has 0 heterocycles. The molecule has 2 aromatic carbocycles. The van der Waals surface area contributed by atoms with E-state index in [-0.39, 0.29) is 10.8 Å². The fraction of sp³-hybridized carbons (Fsp3) is 0.235. The van der Waals surface area contributed by atoms with E-state index in [9.17, 15) is 0 Å². The molecule has 3 heteroatoms. The predicted octanol–water partition coefficient (Wildman–Crippen LogP) is 5.52. The Morgan fingerprint density at radius 1 is 0.900 bits per heavy atom. The van der Waals surface area contributed by atoms with Crippen molar-refractivity contribution in [2.24, 2.45) is 0 Å². The van der Waals surface area contributed by atoms with Crippen LogP contribution in [0, 0.1) is 18.3 Å². The molecule has 1 nitrogen and oxygen atoms in total. The lowest BCUT2D eigenvalue weighted by atomic mass is 10.0. The van der Waals surface area contributed by atoms with Crippen molar-refractivity contribution >= 4 is 23.2 Å². The molecule has 0 saturated carbocycles. The molecular formula is C17H15Cl2N. The molecule has 0 radical (unpaired) electrons. The van der Waals surface area contributed by atoms with E-state index in [1.807, 2.05) is 31.2 Å². The Morgan fingerprint density at radius 2 is 1.35 bits per heavy atom. The molecule has 0 saturated heterocycles. The maximum atomic E-state index is 8.78. The van der Waals surface area contributed by atoms with Gasteiger partial charge in [-0.1, -0.05) is 42.0 Å². The van der Waals surface area contributed by atoms with Crippen LogP contribution in [0.2, 0.25) is 0 Å². The van der Waals surface area contributed by atoms with Gasteiger partial charge in [0.2, 0.25) is 0 Å². The molecule has 0 bridgehead atoms. The highest BCUT2D eigenvalue weighted by molar-refractivity contribution is 6.23. The first-order valence-corrected chi connectivity index (χ1v) is 7.32. The van der Waals surface area contributed by atoms with Crippen LogP contribution in [0.25, 0.3) is 0 Å². The van der Waals surface area contributed by atoms with E-state index in [1.165, 1.54) is 5.56 Å². The Hall–Kier alpha value is -1.49. The van der Waals surface area contributed by atoms with Crippen molar-refractivity contribution in [2.45, 2.75) is 24.1 Å². The van der Waals surface area contributed by atoms with Crippen molar-refractivity contribution in [3.63, 3.8) is 0 Å². The van der Waals surface area contributed by atoms with Gasteiger partial charge in [-0.25, -0.2) is 0 Å². The molecule has 0 aliphatic carbocycles. The van der Waals surface area contributed by atoms with Crippen LogP contribution in [0.3, 0.4) is 0 Å². The first-order valence-electron chi connectivity index (χ1n) is 6.45. The molecule has 2 atom stereocenters.